The monoisotopic (exact) mass is 407 g/mol. The van der Waals surface area contributed by atoms with Gasteiger partial charge < -0.3 is 10.6 Å². The van der Waals surface area contributed by atoms with Crippen molar-refractivity contribution in [2.24, 2.45) is 5.92 Å². The zero-order valence-corrected chi connectivity index (χ0v) is 16.7. The summed E-state index contributed by atoms with van der Waals surface area (Å²) in [6.07, 6.45) is 8.19. The number of amides is 2. The molecule has 2 N–H and O–H groups in total. The number of hydrogen-bond donors (Lipinski definition) is 2. The molecule has 29 heavy (non-hydrogen) atoms. The van der Waals surface area contributed by atoms with Gasteiger partial charge in [0.05, 0.1) is 0 Å². The van der Waals surface area contributed by atoms with Crippen molar-refractivity contribution in [1.29, 1.82) is 0 Å². The van der Waals surface area contributed by atoms with E-state index in [2.05, 4.69) is 21.7 Å². The van der Waals surface area contributed by atoms with Crippen molar-refractivity contribution < 1.29 is 9.59 Å². The molecule has 1 aromatic carbocycles. The van der Waals surface area contributed by atoms with Gasteiger partial charge in [-0.1, -0.05) is 35.4 Å². The standard InChI is InChI=1S/C23H22ClN3O2/c24-17-5-3-4-16(12-17)20(28)26-22-9-7-15-8-10-23(14-22,18(15)13-22)27-21(29)19-6-1-2-11-25-19/h1-7,11-12,18H,8-10,13-14H2,(H,26,28)(H,27,29)/t18?,22-,23+/m0/s1. The number of pyridine rings is 1. The van der Waals surface area contributed by atoms with Crippen LogP contribution in [0.25, 0.3) is 0 Å². The molecule has 5 rings (SSSR count). The Bertz CT molecular complexity index is 1020. The molecule has 2 amide bonds. The highest BCUT2D eigenvalue weighted by Crippen LogP contribution is 2.58. The van der Waals surface area contributed by atoms with Crippen molar-refractivity contribution in [3.05, 3.63) is 76.6 Å². The van der Waals surface area contributed by atoms with Crippen LogP contribution in [-0.4, -0.2) is 27.9 Å². The molecule has 1 heterocycles. The van der Waals surface area contributed by atoms with Crippen LogP contribution in [0.4, 0.5) is 0 Å². The lowest BCUT2D eigenvalue weighted by molar-refractivity contribution is 0.0872. The molecule has 1 aromatic heterocycles. The van der Waals surface area contributed by atoms with Gasteiger partial charge in [0.1, 0.15) is 5.69 Å². The molecule has 3 aliphatic rings. The third-order valence-electron chi connectivity index (χ3n) is 6.70. The number of aromatic nitrogens is 1. The average Bonchev–Trinajstić information content (AvgIpc) is 3.16. The van der Waals surface area contributed by atoms with E-state index in [0.717, 1.165) is 32.1 Å². The maximum Gasteiger partial charge on any atom is 0.270 e. The molecule has 2 fully saturated rings. The third-order valence-corrected chi connectivity index (χ3v) is 6.94. The molecule has 1 unspecified atom stereocenters. The highest BCUT2D eigenvalue weighted by atomic mass is 35.5. The Morgan fingerprint density at radius 1 is 1.10 bits per heavy atom. The zero-order chi connectivity index (χ0) is 20.1. The first kappa shape index (κ1) is 18.4. The minimum Gasteiger partial charge on any atom is -0.346 e. The topological polar surface area (TPSA) is 71.1 Å². The summed E-state index contributed by atoms with van der Waals surface area (Å²) < 4.78 is 0. The molecule has 2 aromatic rings. The van der Waals surface area contributed by atoms with E-state index in [1.165, 1.54) is 5.57 Å². The fourth-order valence-electron chi connectivity index (χ4n) is 5.47. The van der Waals surface area contributed by atoms with Gasteiger partial charge in [0, 0.05) is 33.8 Å². The maximum atomic E-state index is 12.9. The van der Waals surface area contributed by atoms with E-state index >= 15 is 0 Å². The maximum absolute atomic E-state index is 12.9. The minimum atomic E-state index is -0.342. The summed E-state index contributed by atoms with van der Waals surface area (Å²) >= 11 is 6.05. The van der Waals surface area contributed by atoms with Gasteiger partial charge >= 0.3 is 0 Å². The van der Waals surface area contributed by atoms with E-state index in [4.69, 9.17) is 11.6 Å². The first-order chi connectivity index (χ1) is 14.0. The third kappa shape index (κ3) is 3.14. The number of halogens is 1. The predicted molar refractivity (Wildman–Crippen MR) is 111 cm³/mol. The molecular formula is C23H22ClN3O2. The van der Waals surface area contributed by atoms with Crippen LogP contribution in [0.15, 0.2) is 60.3 Å². The van der Waals surface area contributed by atoms with E-state index in [1.54, 1.807) is 42.6 Å². The van der Waals surface area contributed by atoms with Gasteiger partial charge in [-0.15, -0.1) is 0 Å². The molecule has 2 saturated carbocycles. The van der Waals surface area contributed by atoms with Crippen LogP contribution in [0.1, 0.15) is 53.0 Å². The second-order valence-corrected chi connectivity index (χ2v) is 8.92. The van der Waals surface area contributed by atoms with Crippen molar-refractivity contribution in [3.63, 3.8) is 0 Å². The number of hydrogen-bond acceptors (Lipinski definition) is 3. The van der Waals surface area contributed by atoms with Crippen LogP contribution in [-0.2, 0) is 0 Å². The molecular weight excluding hydrogens is 386 g/mol. The molecule has 148 valence electrons. The molecule has 0 aliphatic heterocycles. The Labute approximate surface area is 174 Å². The molecule has 0 radical (unpaired) electrons. The van der Waals surface area contributed by atoms with Crippen molar-refractivity contribution in [2.45, 2.75) is 43.2 Å². The van der Waals surface area contributed by atoms with Gasteiger partial charge in [-0.05, 0) is 62.4 Å². The fraction of sp³-hybridized carbons (Fsp3) is 0.348. The molecule has 3 atom stereocenters. The second-order valence-electron chi connectivity index (χ2n) is 8.49. The zero-order valence-electron chi connectivity index (χ0n) is 16.0. The predicted octanol–water partition coefficient (Wildman–Crippen LogP) is 3.91. The van der Waals surface area contributed by atoms with Crippen LogP contribution in [0.2, 0.25) is 5.02 Å². The summed E-state index contributed by atoms with van der Waals surface area (Å²) in [6, 6.07) is 12.4. The van der Waals surface area contributed by atoms with Crippen LogP contribution in [0.5, 0.6) is 0 Å². The number of carbonyl (C=O) groups excluding carboxylic acids is 2. The van der Waals surface area contributed by atoms with Crippen LogP contribution < -0.4 is 10.6 Å². The highest BCUT2D eigenvalue weighted by molar-refractivity contribution is 6.30. The largest absolute Gasteiger partial charge is 0.346 e. The number of nitrogens with one attached hydrogen (secondary N) is 2. The van der Waals surface area contributed by atoms with Crippen molar-refractivity contribution in [3.8, 4) is 0 Å². The van der Waals surface area contributed by atoms with E-state index in [9.17, 15) is 9.59 Å². The van der Waals surface area contributed by atoms with E-state index in [0.29, 0.717) is 16.3 Å². The Hall–Kier alpha value is -2.66. The van der Waals surface area contributed by atoms with Gasteiger partial charge in [-0.3, -0.25) is 14.6 Å². The normalized spacial score (nSPS) is 29.3. The SMILES string of the molecule is O=C(N[C@]12CC=C3CC[C@@](NC(=O)c4ccccn4)(C1)C3C2)c1cccc(Cl)c1. The minimum absolute atomic E-state index is 0.115. The lowest BCUT2D eigenvalue weighted by Gasteiger charge is -2.34. The Balaban J connectivity index is 1.40. The number of benzene rings is 1. The van der Waals surface area contributed by atoms with Crippen LogP contribution in [0, 0.1) is 5.92 Å². The molecule has 5 nitrogen and oxygen atoms in total. The van der Waals surface area contributed by atoms with Gasteiger partial charge in [0.15, 0.2) is 0 Å². The molecule has 2 bridgehead atoms. The first-order valence-corrected chi connectivity index (χ1v) is 10.4. The molecule has 3 aliphatic carbocycles. The summed E-state index contributed by atoms with van der Waals surface area (Å²) in [5.41, 5.74) is 1.74. The van der Waals surface area contributed by atoms with E-state index in [1.807, 2.05) is 6.07 Å². The summed E-state index contributed by atoms with van der Waals surface area (Å²) in [5.74, 6) is 0.00909. The summed E-state index contributed by atoms with van der Waals surface area (Å²) in [5, 5.41) is 7.13. The number of carbonyl (C=O) groups is 2. The van der Waals surface area contributed by atoms with Gasteiger partial charge in [-0.25, -0.2) is 0 Å². The number of fused-ring (bicyclic) bond motifs is 1. The van der Waals surface area contributed by atoms with Crippen LogP contribution >= 0.6 is 11.6 Å². The lowest BCUT2D eigenvalue weighted by Crippen LogP contribution is -2.52. The summed E-state index contributed by atoms with van der Waals surface area (Å²) in [4.78, 5) is 30.0. The van der Waals surface area contributed by atoms with Crippen LogP contribution in [0.3, 0.4) is 0 Å². The van der Waals surface area contributed by atoms with E-state index < -0.39 is 0 Å². The van der Waals surface area contributed by atoms with Gasteiger partial charge in [-0.2, -0.15) is 0 Å². The van der Waals surface area contributed by atoms with Crippen molar-refractivity contribution in [1.82, 2.24) is 15.6 Å². The molecule has 0 saturated heterocycles. The van der Waals surface area contributed by atoms with E-state index in [-0.39, 0.29) is 28.8 Å². The van der Waals surface area contributed by atoms with Gasteiger partial charge in [0.2, 0.25) is 0 Å². The average molecular weight is 408 g/mol. The molecule has 6 heteroatoms. The van der Waals surface area contributed by atoms with Crippen molar-refractivity contribution in [2.75, 3.05) is 0 Å². The Kier molecular flexibility index (Phi) is 4.24. The Morgan fingerprint density at radius 2 is 2.00 bits per heavy atom. The fourth-order valence-corrected chi connectivity index (χ4v) is 5.66. The first-order valence-electron chi connectivity index (χ1n) is 9.99. The highest BCUT2D eigenvalue weighted by Gasteiger charge is 2.61. The molecule has 0 spiro atoms. The summed E-state index contributed by atoms with van der Waals surface area (Å²) in [7, 11) is 0. The van der Waals surface area contributed by atoms with Gasteiger partial charge in [0.25, 0.3) is 11.8 Å². The Morgan fingerprint density at radius 3 is 2.79 bits per heavy atom. The number of nitrogens with zero attached hydrogens (tertiary/aromatic N) is 1. The smallest absolute Gasteiger partial charge is 0.270 e. The van der Waals surface area contributed by atoms with Crippen molar-refractivity contribution >= 4 is 23.4 Å². The summed E-state index contributed by atoms with van der Waals surface area (Å²) in [6.45, 7) is 0. The number of rotatable bonds is 4. The second kappa shape index (κ2) is 6.70. The lowest BCUT2D eigenvalue weighted by atomic mass is 9.83. The quantitative estimate of drug-likeness (QED) is 0.755.